The van der Waals surface area contributed by atoms with Crippen LogP contribution in [0.4, 0.5) is 5.69 Å². The number of hydrogen-bond acceptors (Lipinski definition) is 3. The Morgan fingerprint density at radius 2 is 1.74 bits per heavy atom. The molecule has 3 aliphatic rings. The van der Waals surface area contributed by atoms with Crippen LogP contribution in [0.1, 0.15) is 107 Å². The summed E-state index contributed by atoms with van der Waals surface area (Å²) in [5, 5.41) is 0.969. The van der Waals surface area contributed by atoms with Gasteiger partial charge in [-0.3, -0.25) is 4.98 Å². The number of fused-ring (bicyclic) bond motifs is 3. The number of pyridine rings is 1. The summed E-state index contributed by atoms with van der Waals surface area (Å²) in [5.74, 6) is 3.88. The van der Waals surface area contributed by atoms with E-state index in [1.54, 1.807) is 0 Å². The number of unbranched alkanes of at least 4 members (excludes halogenated alkanes) is 1. The van der Waals surface area contributed by atoms with Crippen LogP contribution in [0, 0.1) is 24.2 Å². The minimum Gasteiger partial charge on any atom is -0.458 e. The van der Waals surface area contributed by atoms with Crippen molar-refractivity contribution in [1.29, 1.82) is 0 Å². The quantitative estimate of drug-likeness (QED) is 0.0218. The molecular weight excluding hydrogens is 1020 g/mol. The summed E-state index contributed by atoms with van der Waals surface area (Å²) in [6.07, 6.45) is 69.8. The summed E-state index contributed by atoms with van der Waals surface area (Å²) in [6.45, 7) is 26.9. The molecule has 0 amide bonds. The first kappa shape index (κ1) is 63.6. The van der Waals surface area contributed by atoms with Crippen molar-refractivity contribution in [3.63, 3.8) is 0 Å². The van der Waals surface area contributed by atoms with Crippen molar-refractivity contribution in [3.8, 4) is 12.3 Å². The average molecular weight is 1100 g/mol. The molecule has 0 spiro atoms. The standard InChI is InChI=1S/C70H66N2O.C11H16/c1-8-11-18-33-57(54(5)9-2)43-42-53(4)30-19-12-13-20-31-55(6)61-40-29-41-64(50-61)72(7)48-28-17-25-32-56(10-3)62-38-26-27-39-63(49-62)65-46-44-59(58-34-23-16-24-35-58)45-47-66-67-51-68(60-36-21-14-15-22-37-60)71-52-69(67)73-70(65)66;1-5-7-9-11(8-6-2)10(3)4/h3,8-9,12,14-19,21,23-29,31-37,39-41,44,46-47,49-53,56,65H,2,5,13,20,30,42-43,48H2,1,4,6-7H3;5-7,9H,2-3,8H2,1,4H3/b19-12-,28-17-,32-25-,46-44?,55-31+,57-33+;7-5-,11-9-. The number of likely N-dealkylation sites (N-methyl/N-ethyl adjacent to an activating group) is 1. The molecule has 0 saturated heterocycles. The van der Waals surface area contributed by atoms with Gasteiger partial charge in [-0.25, -0.2) is 0 Å². The molecule has 0 bridgehead atoms. The van der Waals surface area contributed by atoms with E-state index in [1.807, 2.05) is 118 Å². The van der Waals surface area contributed by atoms with E-state index in [-0.39, 0.29) is 11.8 Å². The van der Waals surface area contributed by atoms with Crippen LogP contribution in [0.15, 0.2) is 312 Å². The lowest BCUT2D eigenvalue weighted by Gasteiger charge is -2.18. The molecule has 3 heteroatoms. The van der Waals surface area contributed by atoms with E-state index in [0.717, 1.165) is 106 Å². The first-order valence-corrected chi connectivity index (χ1v) is 29.1. The summed E-state index contributed by atoms with van der Waals surface area (Å²) in [5.41, 5.74) is 29.2. The molecule has 2 heterocycles. The van der Waals surface area contributed by atoms with Gasteiger partial charge in [0.2, 0.25) is 0 Å². The fourth-order valence-electron chi connectivity index (χ4n) is 9.45. The summed E-state index contributed by atoms with van der Waals surface area (Å²) in [4.78, 5) is 7.06. The average Bonchev–Trinajstić information content (AvgIpc) is 3.16. The van der Waals surface area contributed by atoms with Gasteiger partial charge in [0.05, 0.1) is 23.7 Å². The van der Waals surface area contributed by atoms with Gasteiger partial charge in [-0.15, -0.1) is 35.9 Å². The smallest absolute Gasteiger partial charge is 0.153 e. The highest BCUT2D eigenvalue weighted by Crippen LogP contribution is 2.40. The Morgan fingerprint density at radius 1 is 0.893 bits per heavy atom. The Kier molecular flexibility index (Phi) is 26.2. The van der Waals surface area contributed by atoms with Crippen molar-refractivity contribution in [1.82, 2.24) is 4.98 Å². The fourth-order valence-corrected chi connectivity index (χ4v) is 9.45. The van der Waals surface area contributed by atoms with Gasteiger partial charge in [0.15, 0.2) is 5.58 Å². The number of terminal acetylenes is 1. The van der Waals surface area contributed by atoms with Crippen molar-refractivity contribution in [2.75, 3.05) is 18.5 Å². The molecule has 0 radical (unpaired) electrons. The maximum atomic E-state index is 6.73. The zero-order valence-corrected chi connectivity index (χ0v) is 50.3. The number of anilines is 1. The minimum atomic E-state index is -0.303. The Bertz CT molecular complexity index is 3730. The number of hydrogen-bond donors (Lipinski definition) is 0. The van der Waals surface area contributed by atoms with E-state index in [9.17, 15) is 0 Å². The molecule has 3 nitrogen and oxygen atoms in total. The molecule has 3 atom stereocenters. The van der Waals surface area contributed by atoms with E-state index in [0.29, 0.717) is 11.5 Å². The highest BCUT2D eigenvalue weighted by Gasteiger charge is 2.25. The molecule has 2 aromatic carbocycles. The summed E-state index contributed by atoms with van der Waals surface area (Å²) in [7, 11) is 2.12. The predicted molar refractivity (Wildman–Crippen MR) is 366 cm³/mol. The van der Waals surface area contributed by atoms with Crippen LogP contribution in [0.2, 0.25) is 0 Å². The second kappa shape index (κ2) is 34.6. The van der Waals surface area contributed by atoms with Gasteiger partial charge in [0, 0.05) is 46.9 Å². The van der Waals surface area contributed by atoms with Crippen molar-refractivity contribution in [2.45, 2.75) is 79.1 Å². The lowest BCUT2D eigenvalue weighted by molar-refractivity contribution is 0.540. The maximum absolute atomic E-state index is 6.73. The van der Waals surface area contributed by atoms with Crippen LogP contribution >= 0.6 is 0 Å². The van der Waals surface area contributed by atoms with Gasteiger partial charge in [-0.2, -0.15) is 0 Å². The number of nitrogens with zero attached hydrogens (tertiary/aromatic N) is 2. The van der Waals surface area contributed by atoms with E-state index in [1.165, 1.54) is 28.0 Å². The highest BCUT2D eigenvalue weighted by atomic mass is 16.3. The van der Waals surface area contributed by atoms with Crippen molar-refractivity contribution in [2.24, 2.45) is 11.8 Å². The molecule has 2 aromatic heterocycles. The van der Waals surface area contributed by atoms with Gasteiger partial charge in [-0.05, 0) is 178 Å². The molecule has 4 aromatic rings. The molecule has 0 saturated carbocycles. The van der Waals surface area contributed by atoms with Gasteiger partial charge in [0.25, 0.3) is 0 Å². The van der Waals surface area contributed by atoms with Crippen molar-refractivity contribution in [3.05, 3.63) is 336 Å². The van der Waals surface area contributed by atoms with E-state index in [4.69, 9.17) is 15.8 Å². The Labute approximate surface area is 503 Å². The lowest BCUT2D eigenvalue weighted by atomic mass is 9.87. The normalized spacial score (nSPS) is 15.6. The van der Waals surface area contributed by atoms with Crippen molar-refractivity contribution >= 4 is 39.5 Å². The fraction of sp³-hybridized carbons (Fsp3) is 0.198. The summed E-state index contributed by atoms with van der Waals surface area (Å²) < 4.78 is 6.73. The van der Waals surface area contributed by atoms with Gasteiger partial charge >= 0.3 is 0 Å². The van der Waals surface area contributed by atoms with Crippen LogP contribution in [-0.4, -0.2) is 18.6 Å². The predicted octanol–water partition coefficient (Wildman–Crippen LogP) is 21.5. The molecule has 3 unspecified atom stereocenters. The van der Waals surface area contributed by atoms with Crippen LogP contribution in [0.5, 0.6) is 0 Å². The molecule has 422 valence electrons. The SMILES string of the molecule is C#CC(/C=C\C=C/CN(C)c1cccc(/C(C)=C/CC/C=C\CC(C)CC/C(=C\C=C=CC)C(=C)C=C)c1)C1=C=CC=CC(C2C=CC(c3ccccc3)=C=Cc3c2oc2cnc(C4=CC=CC=C=C4)cc32)=C1.C=CC/C(=C/C=C\C)C(=C)C. The third kappa shape index (κ3) is 19.6. The highest BCUT2D eigenvalue weighted by molar-refractivity contribution is 5.93. The second-order valence-corrected chi connectivity index (χ2v) is 20.8. The molecule has 0 aliphatic heterocycles. The van der Waals surface area contributed by atoms with Gasteiger partial charge in [0.1, 0.15) is 5.76 Å². The lowest BCUT2D eigenvalue weighted by Crippen LogP contribution is -2.16. The maximum Gasteiger partial charge on any atom is 0.153 e. The van der Waals surface area contributed by atoms with E-state index in [2.05, 4.69) is 215 Å². The second-order valence-electron chi connectivity index (χ2n) is 20.8. The largest absolute Gasteiger partial charge is 0.458 e. The Hall–Kier alpha value is -9.59. The first-order valence-electron chi connectivity index (χ1n) is 29.1. The molecule has 0 fully saturated rings. The van der Waals surface area contributed by atoms with E-state index >= 15 is 0 Å². The van der Waals surface area contributed by atoms with Gasteiger partial charge in [-0.1, -0.05) is 196 Å². The zero-order chi connectivity index (χ0) is 59.9. The van der Waals surface area contributed by atoms with Crippen LogP contribution < -0.4 is 4.90 Å². The van der Waals surface area contributed by atoms with E-state index < -0.39 is 0 Å². The number of furan rings is 1. The van der Waals surface area contributed by atoms with Crippen molar-refractivity contribution < 1.29 is 4.42 Å². The molecular formula is C81H82N2O. The Morgan fingerprint density at radius 3 is 2.51 bits per heavy atom. The van der Waals surface area contributed by atoms with Crippen LogP contribution in [0.3, 0.4) is 0 Å². The topological polar surface area (TPSA) is 29.3 Å². The third-order valence-electron chi connectivity index (χ3n) is 14.5. The van der Waals surface area contributed by atoms with Crippen LogP contribution in [-0.2, 0) is 0 Å². The summed E-state index contributed by atoms with van der Waals surface area (Å²) >= 11 is 0. The molecule has 7 rings (SSSR count). The zero-order valence-electron chi connectivity index (χ0n) is 50.3. The number of allylic oxidation sites excluding steroid dienone is 31. The number of aromatic nitrogens is 1. The van der Waals surface area contributed by atoms with Gasteiger partial charge < -0.3 is 9.32 Å². The number of rotatable bonds is 25. The Balaban J connectivity index is 0.000000931. The molecule has 3 aliphatic carbocycles. The summed E-state index contributed by atoms with van der Waals surface area (Å²) in [6, 6.07) is 21.2. The molecule has 84 heavy (non-hydrogen) atoms. The molecule has 0 N–H and O–H groups in total. The first-order chi connectivity index (χ1) is 41.0. The monoisotopic (exact) mass is 1100 g/mol. The third-order valence-corrected chi connectivity index (χ3v) is 14.5. The van der Waals surface area contributed by atoms with Crippen LogP contribution in [0.25, 0.3) is 33.8 Å². The number of benzene rings is 2. The minimum absolute atomic E-state index is 0.240.